The summed E-state index contributed by atoms with van der Waals surface area (Å²) in [6.45, 7) is 5.28. The summed E-state index contributed by atoms with van der Waals surface area (Å²) in [7, 11) is 2.16. The lowest BCUT2D eigenvalue weighted by Crippen LogP contribution is -2.53. The topological polar surface area (TPSA) is 72.3 Å². The maximum atomic E-state index is 14.9. The lowest BCUT2D eigenvalue weighted by Gasteiger charge is -2.41. The third kappa shape index (κ3) is 6.57. The van der Waals surface area contributed by atoms with Crippen molar-refractivity contribution >= 4 is 45.7 Å². The third-order valence-corrected chi connectivity index (χ3v) is 10.6. The first kappa shape index (κ1) is 33.7. The fourth-order valence-electron chi connectivity index (χ4n) is 7.59. The number of halogens is 1. The van der Waals surface area contributed by atoms with E-state index in [9.17, 15) is 14.7 Å². The number of nitrogens with zero attached hydrogens (tertiary/aromatic N) is 5. The zero-order chi connectivity index (χ0) is 35.8. The average Bonchev–Trinajstić information content (AvgIpc) is 3.56. The highest BCUT2D eigenvalue weighted by Crippen LogP contribution is 2.35. The van der Waals surface area contributed by atoms with Gasteiger partial charge < -0.3 is 19.5 Å². The highest BCUT2D eigenvalue weighted by molar-refractivity contribution is 6.31. The first-order valence-corrected chi connectivity index (χ1v) is 18.1. The summed E-state index contributed by atoms with van der Waals surface area (Å²) in [5.41, 5.74) is 6.12. The van der Waals surface area contributed by atoms with Crippen LogP contribution in [0.1, 0.15) is 31.8 Å². The third-order valence-electron chi connectivity index (χ3n) is 10.4. The molecule has 0 spiro atoms. The standard InChI is InChI=1S/C43H40ClN5O3/c1-45-21-23-46(24-22-45)28-35-25-30-9-5-6-10-31(30)27-47(35)42(51)38-20-15-32(44)26-41(38)48-29-39(37-13-7-8-14-40(37)48)43(52)49(33-11-3-2-4-12-33)34-16-18-36(50)19-17-34/h2-20,26,29,35,50H,21-25,27-28H2,1H3/t35-/m0/s1. The minimum Gasteiger partial charge on any atom is -0.508 e. The van der Waals surface area contributed by atoms with Gasteiger partial charge in [0.2, 0.25) is 0 Å². The number of phenols is 1. The van der Waals surface area contributed by atoms with Crippen LogP contribution in [0, 0.1) is 0 Å². The molecule has 5 aromatic carbocycles. The molecule has 3 heterocycles. The number of aromatic nitrogens is 1. The summed E-state index contributed by atoms with van der Waals surface area (Å²) in [5.74, 6) is -0.204. The smallest absolute Gasteiger partial charge is 0.265 e. The number of para-hydroxylation sites is 2. The van der Waals surface area contributed by atoms with Crippen molar-refractivity contribution < 1.29 is 14.7 Å². The molecule has 9 heteroatoms. The minimum atomic E-state index is -0.248. The molecule has 0 radical (unpaired) electrons. The van der Waals surface area contributed by atoms with Crippen LogP contribution in [-0.2, 0) is 13.0 Å². The Morgan fingerprint density at radius 3 is 2.21 bits per heavy atom. The summed E-state index contributed by atoms with van der Waals surface area (Å²) >= 11 is 6.69. The Labute approximate surface area is 308 Å². The van der Waals surface area contributed by atoms with Crippen molar-refractivity contribution in [2.24, 2.45) is 0 Å². The number of benzene rings is 5. The number of fused-ring (bicyclic) bond motifs is 2. The van der Waals surface area contributed by atoms with Crippen LogP contribution in [0.5, 0.6) is 5.75 Å². The van der Waals surface area contributed by atoms with E-state index in [4.69, 9.17) is 11.6 Å². The monoisotopic (exact) mass is 709 g/mol. The first-order valence-electron chi connectivity index (χ1n) is 17.7. The molecule has 0 bridgehead atoms. The van der Waals surface area contributed by atoms with Crippen molar-refractivity contribution in [2.75, 3.05) is 44.7 Å². The fourth-order valence-corrected chi connectivity index (χ4v) is 7.75. The number of phenolic OH excluding ortho intramolecular Hbond substituents is 1. The summed E-state index contributed by atoms with van der Waals surface area (Å²) in [6.07, 6.45) is 2.61. The predicted octanol–water partition coefficient (Wildman–Crippen LogP) is 7.78. The van der Waals surface area contributed by atoms with E-state index in [1.54, 1.807) is 35.2 Å². The molecule has 2 aliphatic rings. The fraction of sp³-hybridized carbons (Fsp3) is 0.209. The van der Waals surface area contributed by atoms with Crippen LogP contribution in [0.2, 0.25) is 5.02 Å². The van der Waals surface area contributed by atoms with Gasteiger partial charge in [-0.2, -0.15) is 0 Å². The molecule has 1 fully saturated rings. The molecule has 0 unspecified atom stereocenters. The normalized spacial score (nSPS) is 16.5. The Kier molecular flexibility index (Phi) is 9.28. The quantitative estimate of drug-likeness (QED) is 0.183. The number of rotatable bonds is 7. The maximum Gasteiger partial charge on any atom is 0.265 e. The van der Waals surface area contributed by atoms with Gasteiger partial charge in [-0.15, -0.1) is 0 Å². The molecule has 8 nitrogen and oxygen atoms in total. The first-order chi connectivity index (χ1) is 25.3. The number of piperazine rings is 1. The van der Waals surface area contributed by atoms with E-state index >= 15 is 0 Å². The van der Waals surface area contributed by atoms with Gasteiger partial charge in [0, 0.05) is 73.3 Å². The number of carbonyl (C=O) groups is 2. The predicted molar refractivity (Wildman–Crippen MR) is 207 cm³/mol. The second kappa shape index (κ2) is 14.3. The highest BCUT2D eigenvalue weighted by atomic mass is 35.5. The Morgan fingerprint density at radius 2 is 1.44 bits per heavy atom. The van der Waals surface area contributed by atoms with Gasteiger partial charge >= 0.3 is 0 Å². The maximum absolute atomic E-state index is 14.9. The molecule has 6 aromatic rings. The van der Waals surface area contributed by atoms with Crippen LogP contribution in [0.25, 0.3) is 16.6 Å². The largest absolute Gasteiger partial charge is 0.508 e. The van der Waals surface area contributed by atoms with Gasteiger partial charge in [0.05, 0.1) is 22.3 Å². The van der Waals surface area contributed by atoms with Crippen LogP contribution in [0.15, 0.2) is 128 Å². The van der Waals surface area contributed by atoms with Gasteiger partial charge in [-0.25, -0.2) is 0 Å². The lowest BCUT2D eigenvalue weighted by molar-refractivity contribution is 0.0536. The Bertz CT molecular complexity index is 2250. The molecule has 1 N–H and O–H groups in total. The van der Waals surface area contributed by atoms with Gasteiger partial charge in [0.25, 0.3) is 11.8 Å². The van der Waals surface area contributed by atoms with E-state index in [0.29, 0.717) is 39.8 Å². The van der Waals surface area contributed by atoms with Gasteiger partial charge in [-0.3, -0.25) is 19.4 Å². The minimum absolute atomic E-state index is 0.00220. The van der Waals surface area contributed by atoms with Gasteiger partial charge in [-0.05, 0) is 85.3 Å². The lowest BCUT2D eigenvalue weighted by atomic mass is 9.92. The number of carbonyl (C=O) groups excluding carboxylic acids is 2. The number of hydrogen-bond donors (Lipinski definition) is 1. The second-order valence-corrected chi connectivity index (χ2v) is 14.2. The summed E-state index contributed by atoms with van der Waals surface area (Å²) in [4.78, 5) is 38.2. The molecule has 0 saturated carbocycles. The average molecular weight is 710 g/mol. The molecule has 52 heavy (non-hydrogen) atoms. The molecule has 2 aliphatic heterocycles. The van der Waals surface area contributed by atoms with Crippen molar-refractivity contribution in [3.8, 4) is 11.4 Å². The SMILES string of the molecule is CN1CCN(C[C@@H]2Cc3ccccc3CN2C(=O)c2ccc(Cl)cc2-n2cc(C(=O)N(c3ccccc3)c3ccc(O)cc3)c3ccccc32)CC1. The Balaban J connectivity index is 1.21. The molecular weight excluding hydrogens is 670 g/mol. The van der Waals surface area contributed by atoms with Gasteiger partial charge in [-0.1, -0.05) is 72.3 Å². The van der Waals surface area contributed by atoms with Crippen molar-refractivity contribution in [3.63, 3.8) is 0 Å². The van der Waals surface area contributed by atoms with Crippen LogP contribution < -0.4 is 4.90 Å². The zero-order valence-corrected chi connectivity index (χ0v) is 29.8. The van der Waals surface area contributed by atoms with Crippen molar-refractivity contribution in [3.05, 3.63) is 155 Å². The highest BCUT2D eigenvalue weighted by Gasteiger charge is 2.34. The molecule has 262 valence electrons. The van der Waals surface area contributed by atoms with Crippen LogP contribution in [0.4, 0.5) is 11.4 Å². The molecule has 2 amide bonds. The summed E-state index contributed by atoms with van der Waals surface area (Å²) < 4.78 is 1.93. The number of likely N-dealkylation sites (N-methyl/N-ethyl adjacent to an activating group) is 1. The molecule has 1 atom stereocenters. The van der Waals surface area contributed by atoms with E-state index in [2.05, 4.69) is 35.0 Å². The zero-order valence-electron chi connectivity index (χ0n) is 29.0. The van der Waals surface area contributed by atoms with Crippen LogP contribution in [-0.4, -0.2) is 82.0 Å². The molecule has 1 aromatic heterocycles. The van der Waals surface area contributed by atoms with E-state index < -0.39 is 0 Å². The number of amides is 2. The van der Waals surface area contributed by atoms with Gasteiger partial charge in [0.1, 0.15) is 5.75 Å². The number of aromatic hydroxyl groups is 1. The molecule has 0 aliphatic carbocycles. The summed E-state index contributed by atoms with van der Waals surface area (Å²) in [6, 6.07) is 37.6. The summed E-state index contributed by atoms with van der Waals surface area (Å²) in [5, 5.41) is 11.3. The van der Waals surface area contributed by atoms with Gasteiger partial charge in [0.15, 0.2) is 0 Å². The number of anilines is 2. The molecule has 1 saturated heterocycles. The van der Waals surface area contributed by atoms with E-state index in [1.807, 2.05) is 88.5 Å². The number of hydrogen-bond acceptors (Lipinski definition) is 5. The Hall–Kier alpha value is -5.41. The molecular formula is C43H40ClN5O3. The van der Waals surface area contributed by atoms with Crippen LogP contribution >= 0.6 is 11.6 Å². The van der Waals surface area contributed by atoms with E-state index in [-0.39, 0.29) is 23.6 Å². The van der Waals surface area contributed by atoms with Crippen LogP contribution in [0.3, 0.4) is 0 Å². The Morgan fingerprint density at radius 1 is 0.769 bits per heavy atom. The van der Waals surface area contributed by atoms with Crippen molar-refractivity contribution in [1.29, 1.82) is 0 Å². The molecule has 8 rings (SSSR count). The van der Waals surface area contributed by atoms with E-state index in [0.717, 1.165) is 55.6 Å². The van der Waals surface area contributed by atoms with Crippen molar-refractivity contribution in [2.45, 2.75) is 19.0 Å². The van der Waals surface area contributed by atoms with Crippen molar-refractivity contribution in [1.82, 2.24) is 19.3 Å². The van der Waals surface area contributed by atoms with E-state index in [1.165, 1.54) is 5.56 Å². The second-order valence-electron chi connectivity index (χ2n) is 13.7.